The molecule has 2 N–H and O–H groups in total. The molecule has 0 aliphatic heterocycles. The van der Waals surface area contributed by atoms with Crippen LogP contribution in [0, 0.1) is 6.92 Å². The smallest absolute Gasteiger partial charge is 0.319 e. The Kier molecular flexibility index (Phi) is 4.01. The highest BCUT2D eigenvalue weighted by atomic mass is 35.5. The van der Waals surface area contributed by atoms with Gasteiger partial charge in [0, 0.05) is 6.92 Å². The summed E-state index contributed by atoms with van der Waals surface area (Å²) in [5.41, 5.74) is 0.540. The summed E-state index contributed by atoms with van der Waals surface area (Å²) in [6.07, 6.45) is 0. The van der Waals surface area contributed by atoms with Crippen LogP contribution in [0.15, 0.2) is 28.8 Å². The molecule has 0 unspecified atom stereocenters. The minimum absolute atomic E-state index is 0.361. The number of hydrogen-bond acceptors (Lipinski definition) is 4. The lowest BCUT2D eigenvalue weighted by Crippen LogP contribution is -2.31. The van der Waals surface area contributed by atoms with Crippen LogP contribution in [0.5, 0.6) is 0 Å². The maximum absolute atomic E-state index is 11.8. The molecule has 0 saturated carbocycles. The van der Waals surface area contributed by atoms with Crippen molar-refractivity contribution in [3.8, 4) is 0 Å². The summed E-state index contributed by atoms with van der Waals surface area (Å²) >= 11 is 5.94. The fourth-order valence-corrected chi connectivity index (χ4v) is 1.66. The van der Waals surface area contributed by atoms with E-state index in [2.05, 4.69) is 20.8 Å². The van der Waals surface area contributed by atoms with Crippen LogP contribution in [0.25, 0.3) is 0 Å². The van der Waals surface area contributed by atoms with Crippen LogP contribution in [-0.4, -0.2) is 16.2 Å². The van der Waals surface area contributed by atoms with Crippen molar-refractivity contribution in [1.82, 2.24) is 15.5 Å². The molecule has 100 valence electrons. The third kappa shape index (κ3) is 3.45. The Labute approximate surface area is 115 Å². The van der Waals surface area contributed by atoms with Gasteiger partial charge in [-0.15, -0.1) is 0 Å². The van der Waals surface area contributed by atoms with Crippen molar-refractivity contribution >= 4 is 23.3 Å². The predicted octanol–water partition coefficient (Wildman–Crippen LogP) is 2.91. The number of nitrogens with one attached hydrogen (secondary N) is 2. The van der Waals surface area contributed by atoms with Crippen LogP contribution in [-0.2, 0) is 0 Å². The molecular weight excluding hydrogens is 268 g/mol. The summed E-state index contributed by atoms with van der Waals surface area (Å²) in [7, 11) is 0. The number of carbonyl (C=O) groups is 1. The number of urea groups is 1. The average Bonchev–Trinajstić information content (AvgIpc) is 2.79. The van der Waals surface area contributed by atoms with Gasteiger partial charge in [0.2, 0.25) is 5.89 Å². The van der Waals surface area contributed by atoms with E-state index in [1.165, 1.54) is 0 Å². The number of halogens is 1. The second kappa shape index (κ2) is 5.71. The number of para-hydroxylation sites is 1. The Bertz CT molecular complexity index is 585. The number of benzene rings is 1. The van der Waals surface area contributed by atoms with E-state index in [1.54, 1.807) is 38.1 Å². The lowest BCUT2D eigenvalue weighted by atomic mass is 10.3. The van der Waals surface area contributed by atoms with Gasteiger partial charge < -0.3 is 15.2 Å². The maximum Gasteiger partial charge on any atom is 0.319 e. The maximum atomic E-state index is 11.8. The summed E-state index contributed by atoms with van der Waals surface area (Å²) in [6.45, 7) is 3.45. The Morgan fingerprint density at radius 2 is 2.16 bits per heavy atom. The molecule has 2 rings (SSSR count). The number of hydrogen-bond donors (Lipinski definition) is 2. The van der Waals surface area contributed by atoms with E-state index in [9.17, 15) is 4.79 Å². The summed E-state index contributed by atoms with van der Waals surface area (Å²) in [6, 6.07) is 6.24. The number of amides is 2. The van der Waals surface area contributed by atoms with E-state index in [1.807, 2.05) is 0 Å². The monoisotopic (exact) mass is 280 g/mol. The predicted molar refractivity (Wildman–Crippen MR) is 71.1 cm³/mol. The summed E-state index contributed by atoms with van der Waals surface area (Å²) in [4.78, 5) is 15.8. The SMILES string of the molecule is Cc1nc([C@H](C)NC(=O)Nc2ccccc2Cl)no1. The highest BCUT2D eigenvalue weighted by Gasteiger charge is 2.15. The van der Waals surface area contributed by atoms with E-state index >= 15 is 0 Å². The molecule has 1 aromatic heterocycles. The Morgan fingerprint density at radius 1 is 1.42 bits per heavy atom. The largest absolute Gasteiger partial charge is 0.340 e. The molecule has 0 aliphatic rings. The fourth-order valence-electron chi connectivity index (χ4n) is 1.47. The lowest BCUT2D eigenvalue weighted by molar-refractivity contribution is 0.248. The van der Waals surface area contributed by atoms with E-state index in [0.29, 0.717) is 22.4 Å². The van der Waals surface area contributed by atoms with Crippen LogP contribution < -0.4 is 10.6 Å². The minimum atomic E-state index is -0.386. The van der Waals surface area contributed by atoms with Gasteiger partial charge in [-0.3, -0.25) is 0 Å². The van der Waals surface area contributed by atoms with Crippen LogP contribution >= 0.6 is 11.6 Å². The van der Waals surface area contributed by atoms with Gasteiger partial charge in [0.25, 0.3) is 0 Å². The summed E-state index contributed by atoms with van der Waals surface area (Å²) < 4.78 is 4.85. The summed E-state index contributed by atoms with van der Waals surface area (Å²) in [5.74, 6) is 0.877. The molecular formula is C12H13ClN4O2. The molecule has 0 fully saturated rings. The molecule has 2 amide bonds. The van der Waals surface area contributed by atoms with Gasteiger partial charge in [-0.2, -0.15) is 4.98 Å². The van der Waals surface area contributed by atoms with Crippen LogP contribution in [0.1, 0.15) is 24.7 Å². The van der Waals surface area contributed by atoms with Crippen LogP contribution in [0.3, 0.4) is 0 Å². The van der Waals surface area contributed by atoms with Gasteiger partial charge >= 0.3 is 6.03 Å². The zero-order valence-electron chi connectivity index (χ0n) is 10.5. The number of rotatable bonds is 3. The van der Waals surface area contributed by atoms with Crippen LogP contribution in [0.4, 0.5) is 10.5 Å². The van der Waals surface area contributed by atoms with E-state index < -0.39 is 0 Å². The van der Waals surface area contributed by atoms with Gasteiger partial charge in [-0.1, -0.05) is 28.9 Å². The Balaban J connectivity index is 1.96. The molecule has 0 bridgehead atoms. The van der Waals surface area contributed by atoms with Crippen molar-refractivity contribution < 1.29 is 9.32 Å². The molecule has 0 aliphatic carbocycles. The quantitative estimate of drug-likeness (QED) is 0.906. The van der Waals surface area contributed by atoms with Crippen molar-refractivity contribution in [2.24, 2.45) is 0 Å². The first-order chi connectivity index (χ1) is 9.06. The van der Waals surface area contributed by atoms with Crippen molar-refractivity contribution in [1.29, 1.82) is 0 Å². The number of aromatic nitrogens is 2. The van der Waals surface area contributed by atoms with Crippen molar-refractivity contribution in [2.45, 2.75) is 19.9 Å². The molecule has 0 spiro atoms. The lowest BCUT2D eigenvalue weighted by Gasteiger charge is -2.12. The molecule has 1 atom stereocenters. The molecule has 6 nitrogen and oxygen atoms in total. The number of nitrogens with zero attached hydrogens (tertiary/aromatic N) is 2. The first kappa shape index (κ1) is 13.4. The zero-order chi connectivity index (χ0) is 13.8. The third-order valence-corrected chi connectivity index (χ3v) is 2.73. The molecule has 0 radical (unpaired) electrons. The third-order valence-electron chi connectivity index (χ3n) is 2.40. The normalized spacial score (nSPS) is 11.9. The summed E-state index contributed by atoms with van der Waals surface area (Å²) in [5, 5.41) is 9.55. The van der Waals surface area contributed by atoms with Crippen LogP contribution in [0.2, 0.25) is 5.02 Å². The topological polar surface area (TPSA) is 80.0 Å². The molecule has 1 heterocycles. The van der Waals surface area contributed by atoms with Crippen molar-refractivity contribution in [3.63, 3.8) is 0 Å². The zero-order valence-corrected chi connectivity index (χ0v) is 11.2. The number of carbonyl (C=O) groups excluding carboxylic acids is 1. The molecule has 2 aromatic rings. The van der Waals surface area contributed by atoms with Gasteiger partial charge in [-0.25, -0.2) is 4.79 Å². The highest BCUT2D eigenvalue weighted by molar-refractivity contribution is 6.33. The van der Waals surface area contributed by atoms with Crippen molar-refractivity contribution in [3.05, 3.63) is 41.0 Å². The van der Waals surface area contributed by atoms with Gasteiger partial charge in [0.15, 0.2) is 5.82 Å². The molecule has 7 heteroatoms. The van der Waals surface area contributed by atoms with E-state index in [-0.39, 0.29) is 12.1 Å². The highest BCUT2D eigenvalue weighted by Crippen LogP contribution is 2.20. The second-order valence-electron chi connectivity index (χ2n) is 3.97. The van der Waals surface area contributed by atoms with E-state index in [0.717, 1.165) is 0 Å². The van der Waals surface area contributed by atoms with E-state index in [4.69, 9.17) is 16.1 Å². The second-order valence-corrected chi connectivity index (χ2v) is 4.38. The van der Waals surface area contributed by atoms with Crippen molar-refractivity contribution in [2.75, 3.05) is 5.32 Å². The van der Waals surface area contributed by atoms with Gasteiger partial charge in [0.1, 0.15) is 0 Å². The molecule has 19 heavy (non-hydrogen) atoms. The number of aryl methyl sites for hydroxylation is 1. The Hall–Kier alpha value is -2.08. The first-order valence-electron chi connectivity index (χ1n) is 5.68. The van der Waals surface area contributed by atoms with Gasteiger partial charge in [-0.05, 0) is 19.1 Å². The first-order valence-corrected chi connectivity index (χ1v) is 6.06. The fraction of sp³-hybridized carbons (Fsp3) is 0.250. The molecule has 1 aromatic carbocycles. The minimum Gasteiger partial charge on any atom is -0.340 e. The Morgan fingerprint density at radius 3 is 2.79 bits per heavy atom. The van der Waals surface area contributed by atoms with Gasteiger partial charge in [0.05, 0.1) is 16.8 Å². The average molecular weight is 281 g/mol. The number of anilines is 1. The molecule has 0 saturated heterocycles. The standard InChI is InChI=1S/C12H13ClN4O2/c1-7(11-15-8(2)19-17-11)14-12(18)16-10-6-4-3-5-9(10)13/h3-7H,1-2H3,(H2,14,16,18)/t7-/m0/s1.